The van der Waals surface area contributed by atoms with Gasteiger partial charge in [0.2, 0.25) is 0 Å². The van der Waals surface area contributed by atoms with Crippen LogP contribution in [0.2, 0.25) is 0 Å². The molecule has 0 spiro atoms. The van der Waals surface area contributed by atoms with Crippen LogP contribution in [0.5, 0.6) is 0 Å². The molecule has 0 aromatic rings. The standard InChI is InChI=1S/C11H25NO3/c1-3-11(9-12,10-13)5-4-6-15-8-7-14-2/h13H,3-10,12H2,1-2H3. The lowest BCUT2D eigenvalue weighted by Crippen LogP contribution is -2.33. The van der Waals surface area contributed by atoms with Gasteiger partial charge < -0.3 is 20.3 Å². The number of nitrogens with two attached hydrogens (primary N) is 1. The van der Waals surface area contributed by atoms with Crippen LogP contribution in [0, 0.1) is 5.41 Å². The van der Waals surface area contributed by atoms with E-state index in [-0.39, 0.29) is 12.0 Å². The Morgan fingerprint density at radius 1 is 1.27 bits per heavy atom. The molecule has 0 saturated carbocycles. The first-order chi connectivity index (χ1) is 7.24. The lowest BCUT2D eigenvalue weighted by atomic mass is 9.82. The highest BCUT2D eigenvalue weighted by molar-refractivity contribution is 4.77. The zero-order chi connectivity index (χ0) is 11.6. The van der Waals surface area contributed by atoms with Crippen LogP contribution in [0.15, 0.2) is 0 Å². The fourth-order valence-electron chi connectivity index (χ4n) is 1.47. The zero-order valence-corrected chi connectivity index (χ0v) is 10.00. The molecular weight excluding hydrogens is 194 g/mol. The Labute approximate surface area is 92.7 Å². The first-order valence-corrected chi connectivity index (χ1v) is 5.62. The number of aliphatic hydroxyl groups excluding tert-OH is 1. The molecule has 0 rings (SSSR count). The van der Waals surface area contributed by atoms with Gasteiger partial charge in [-0.2, -0.15) is 0 Å². The monoisotopic (exact) mass is 219 g/mol. The molecule has 0 heterocycles. The summed E-state index contributed by atoms with van der Waals surface area (Å²) in [5.74, 6) is 0. The van der Waals surface area contributed by atoms with Gasteiger partial charge in [-0.1, -0.05) is 6.92 Å². The minimum Gasteiger partial charge on any atom is -0.396 e. The molecule has 0 aliphatic heterocycles. The van der Waals surface area contributed by atoms with E-state index in [1.807, 2.05) is 0 Å². The van der Waals surface area contributed by atoms with Crippen LogP contribution in [-0.4, -0.2) is 45.2 Å². The van der Waals surface area contributed by atoms with E-state index in [0.717, 1.165) is 19.3 Å². The maximum Gasteiger partial charge on any atom is 0.0700 e. The van der Waals surface area contributed by atoms with E-state index < -0.39 is 0 Å². The average molecular weight is 219 g/mol. The van der Waals surface area contributed by atoms with E-state index in [2.05, 4.69) is 6.92 Å². The second-order valence-corrected chi connectivity index (χ2v) is 3.92. The summed E-state index contributed by atoms with van der Waals surface area (Å²) in [5.41, 5.74) is 5.56. The quantitative estimate of drug-likeness (QED) is 0.533. The summed E-state index contributed by atoms with van der Waals surface area (Å²) in [4.78, 5) is 0. The number of aliphatic hydroxyl groups is 1. The number of hydrogen-bond donors (Lipinski definition) is 2. The summed E-state index contributed by atoms with van der Waals surface area (Å²) in [6.07, 6.45) is 2.77. The summed E-state index contributed by atoms with van der Waals surface area (Å²) >= 11 is 0. The highest BCUT2D eigenvalue weighted by atomic mass is 16.5. The van der Waals surface area contributed by atoms with Gasteiger partial charge >= 0.3 is 0 Å². The second-order valence-electron chi connectivity index (χ2n) is 3.92. The molecule has 1 atom stereocenters. The summed E-state index contributed by atoms with van der Waals surface area (Å²) < 4.78 is 10.2. The fraction of sp³-hybridized carbons (Fsp3) is 1.00. The molecule has 0 aliphatic rings. The Bertz CT molecular complexity index is 130. The first-order valence-electron chi connectivity index (χ1n) is 5.62. The molecule has 3 N–H and O–H groups in total. The number of methoxy groups -OCH3 is 1. The van der Waals surface area contributed by atoms with Crippen LogP contribution < -0.4 is 5.73 Å². The van der Waals surface area contributed by atoms with Crippen molar-refractivity contribution in [2.75, 3.05) is 40.1 Å². The van der Waals surface area contributed by atoms with Crippen LogP contribution in [0.4, 0.5) is 0 Å². The lowest BCUT2D eigenvalue weighted by Gasteiger charge is -2.28. The predicted octanol–water partition coefficient (Wildman–Crippen LogP) is 0.777. The maximum atomic E-state index is 9.28. The lowest BCUT2D eigenvalue weighted by molar-refractivity contribution is 0.0555. The Kier molecular flexibility index (Phi) is 9.00. The molecule has 0 aromatic carbocycles. The van der Waals surface area contributed by atoms with E-state index >= 15 is 0 Å². The van der Waals surface area contributed by atoms with Crippen molar-refractivity contribution in [2.24, 2.45) is 11.1 Å². The summed E-state index contributed by atoms with van der Waals surface area (Å²) in [6, 6.07) is 0. The Morgan fingerprint density at radius 3 is 2.47 bits per heavy atom. The van der Waals surface area contributed by atoms with Gasteiger partial charge in [-0.15, -0.1) is 0 Å². The fourth-order valence-corrected chi connectivity index (χ4v) is 1.47. The van der Waals surface area contributed by atoms with Crippen LogP contribution in [0.25, 0.3) is 0 Å². The maximum absolute atomic E-state index is 9.28. The number of ether oxygens (including phenoxy) is 2. The van der Waals surface area contributed by atoms with Crippen molar-refractivity contribution in [2.45, 2.75) is 26.2 Å². The Balaban J connectivity index is 3.54. The third-order valence-corrected chi connectivity index (χ3v) is 2.95. The van der Waals surface area contributed by atoms with Crippen molar-refractivity contribution in [3.63, 3.8) is 0 Å². The highest BCUT2D eigenvalue weighted by Gasteiger charge is 2.24. The van der Waals surface area contributed by atoms with Crippen molar-refractivity contribution in [1.82, 2.24) is 0 Å². The molecule has 0 bridgehead atoms. The Hall–Kier alpha value is -0.160. The Morgan fingerprint density at radius 2 is 2.00 bits per heavy atom. The van der Waals surface area contributed by atoms with E-state index in [0.29, 0.717) is 26.4 Å². The molecular formula is C11H25NO3. The molecule has 1 unspecified atom stereocenters. The molecule has 0 fully saturated rings. The SMILES string of the molecule is CCC(CN)(CO)CCCOCCOC. The van der Waals surface area contributed by atoms with Gasteiger partial charge in [-0.3, -0.25) is 0 Å². The molecule has 15 heavy (non-hydrogen) atoms. The highest BCUT2D eigenvalue weighted by Crippen LogP contribution is 2.25. The predicted molar refractivity (Wildman–Crippen MR) is 60.8 cm³/mol. The van der Waals surface area contributed by atoms with E-state index in [9.17, 15) is 5.11 Å². The average Bonchev–Trinajstić information content (AvgIpc) is 2.29. The van der Waals surface area contributed by atoms with Gasteiger partial charge in [0.15, 0.2) is 0 Å². The number of hydrogen-bond acceptors (Lipinski definition) is 4. The van der Waals surface area contributed by atoms with Gasteiger partial charge in [0, 0.05) is 32.3 Å². The van der Waals surface area contributed by atoms with Crippen LogP contribution >= 0.6 is 0 Å². The second kappa shape index (κ2) is 9.09. The largest absolute Gasteiger partial charge is 0.396 e. The minimum absolute atomic E-state index is 0.107. The van der Waals surface area contributed by atoms with Gasteiger partial charge in [0.05, 0.1) is 13.2 Å². The van der Waals surface area contributed by atoms with Crippen molar-refractivity contribution in [3.05, 3.63) is 0 Å². The molecule has 4 heteroatoms. The van der Waals surface area contributed by atoms with E-state index in [1.54, 1.807) is 7.11 Å². The van der Waals surface area contributed by atoms with E-state index in [4.69, 9.17) is 15.2 Å². The minimum atomic E-state index is -0.107. The third-order valence-electron chi connectivity index (χ3n) is 2.95. The van der Waals surface area contributed by atoms with E-state index in [1.165, 1.54) is 0 Å². The molecule has 0 radical (unpaired) electrons. The van der Waals surface area contributed by atoms with Crippen molar-refractivity contribution >= 4 is 0 Å². The van der Waals surface area contributed by atoms with Crippen molar-refractivity contribution < 1.29 is 14.6 Å². The number of rotatable bonds is 10. The topological polar surface area (TPSA) is 64.7 Å². The van der Waals surface area contributed by atoms with Crippen molar-refractivity contribution in [3.8, 4) is 0 Å². The summed E-state index contributed by atoms with van der Waals surface area (Å²) in [5, 5.41) is 9.28. The van der Waals surface area contributed by atoms with Gasteiger partial charge in [0.1, 0.15) is 0 Å². The van der Waals surface area contributed by atoms with Crippen LogP contribution in [0.1, 0.15) is 26.2 Å². The smallest absolute Gasteiger partial charge is 0.0700 e. The first kappa shape index (κ1) is 14.8. The van der Waals surface area contributed by atoms with Crippen molar-refractivity contribution in [1.29, 1.82) is 0 Å². The molecule has 0 amide bonds. The molecule has 4 nitrogen and oxygen atoms in total. The summed E-state index contributed by atoms with van der Waals surface area (Å²) in [7, 11) is 1.66. The summed E-state index contributed by atoms with van der Waals surface area (Å²) in [6.45, 7) is 4.75. The van der Waals surface area contributed by atoms with Gasteiger partial charge in [-0.05, 0) is 19.3 Å². The third kappa shape index (κ3) is 6.10. The molecule has 0 saturated heterocycles. The molecule has 0 aromatic heterocycles. The molecule has 0 aliphatic carbocycles. The van der Waals surface area contributed by atoms with Crippen LogP contribution in [0.3, 0.4) is 0 Å². The van der Waals surface area contributed by atoms with Gasteiger partial charge in [-0.25, -0.2) is 0 Å². The normalized spacial score (nSPS) is 15.2. The molecule has 92 valence electrons. The van der Waals surface area contributed by atoms with Gasteiger partial charge in [0.25, 0.3) is 0 Å². The van der Waals surface area contributed by atoms with Crippen LogP contribution in [-0.2, 0) is 9.47 Å². The zero-order valence-electron chi connectivity index (χ0n) is 10.00.